The minimum atomic E-state index is -1.02. The van der Waals surface area contributed by atoms with E-state index in [1.807, 2.05) is 32.9 Å². The minimum Gasteiger partial charge on any atom is -0.480 e. The first kappa shape index (κ1) is 16.5. The smallest absolute Gasteiger partial charge is 0.323 e. The number of halogens is 1. The lowest BCUT2D eigenvalue weighted by molar-refractivity contribution is -0.138. The van der Waals surface area contributed by atoms with Crippen molar-refractivity contribution in [1.82, 2.24) is 4.90 Å². The number of nitrogens with zero attached hydrogens (tertiary/aromatic N) is 1. The van der Waals surface area contributed by atoms with Crippen molar-refractivity contribution in [3.05, 3.63) is 28.2 Å². The van der Waals surface area contributed by atoms with E-state index in [-0.39, 0.29) is 12.6 Å². The van der Waals surface area contributed by atoms with E-state index in [2.05, 4.69) is 21.2 Å². The third-order valence-corrected chi connectivity index (χ3v) is 3.62. The van der Waals surface area contributed by atoms with E-state index in [1.54, 1.807) is 6.07 Å². The molecule has 5 nitrogen and oxygen atoms in total. The van der Waals surface area contributed by atoms with Crippen LogP contribution in [0.2, 0.25) is 0 Å². The fourth-order valence-electron chi connectivity index (χ4n) is 1.71. The fraction of sp³-hybridized carbons (Fsp3) is 0.429. The number of aryl methyl sites for hydroxylation is 1. The van der Waals surface area contributed by atoms with Gasteiger partial charge in [0.2, 0.25) is 0 Å². The van der Waals surface area contributed by atoms with E-state index in [9.17, 15) is 9.59 Å². The molecule has 1 unspecified atom stereocenters. The van der Waals surface area contributed by atoms with E-state index >= 15 is 0 Å². The summed E-state index contributed by atoms with van der Waals surface area (Å²) in [6.07, 6.45) is 0.693. The van der Waals surface area contributed by atoms with Crippen LogP contribution in [0.5, 0.6) is 0 Å². The molecule has 0 fully saturated rings. The Bertz CT molecular complexity index is 505. The largest absolute Gasteiger partial charge is 0.480 e. The number of nitrogens with one attached hydrogen (secondary N) is 1. The van der Waals surface area contributed by atoms with Crippen molar-refractivity contribution in [2.45, 2.75) is 33.2 Å². The maximum atomic E-state index is 12.2. The number of benzene rings is 1. The second-order valence-corrected chi connectivity index (χ2v) is 5.58. The second-order valence-electron chi connectivity index (χ2n) is 4.67. The van der Waals surface area contributed by atoms with Crippen molar-refractivity contribution in [3.8, 4) is 0 Å². The Kier molecular flexibility index (Phi) is 6.01. The molecule has 20 heavy (non-hydrogen) atoms. The molecule has 0 spiro atoms. The highest BCUT2D eigenvalue weighted by Gasteiger charge is 2.22. The maximum absolute atomic E-state index is 12.2. The molecule has 6 heteroatoms. The van der Waals surface area contributed by atoms with Gasteiger partial charge in [0, 0.05) is 16.2 Å². The summed E-state index contributed by atoms with van der Waals surface area (Å²) in [6.45, 7) is 5.31. The molecule has 1 atom stereocenters. The number of rotatable bonds is 5. The fourth-order valence-corrected chi connectivity index (χ4v) is 2.07. The lowest BCUT2D eigenvalue weighted by atomic mass is 10.2. The standard InChI is InChI=1S/C14H19BrN2O3/c1-4-10(3)17(8-13(18)19)14(20)16-12-7-11(15)6-5-9(12)2/h5-7,10H,4,8H2,1-3H3,(H,16,20)(H,18,19). The van der Waals surface area contributed by atoms with Crippen LogP contribution < -0.4 is 5.32 Å². The zero-order valence-corrected chi connectivity index (χ0v) is 13.4. The van der Waals surface area contributed by atoms with Gasteiger partial charge in [-0.3, -0.25) is 4.79 Å². The van der Waals surface area contributed by atoms with Crippen LogP contribution in [-0.4, -0.2) is 34.6 Å². The zero-order chi connectivity index (χ0) is 15.3. The third-order valence-electron chi connectivity index (χ3n) is 3.13. The molecule has 0 radical (unpaired) electrons. The summed E-state index contributed by atoms with van der Waals surface area (Å²) in [5.74, 6) is -1.02. The molecule has 1 aromatic carbocycles. The first-order valence-corrected chi connectivity index (χ1v) is 7.20. The molecule has 2 amide bonds. The summed E-state index contributed by atoms with van der Waals surface area (Å²) >= 11 is 3.35. The summed E-state index contributed by atoms with van der Waals surface area (Å²) in [5, 5.41) is 11.7. The lowest BCUT2D eigenvalue weighted by Crippen LogP contribution is -2.44. The van der Waals surface area contributed by atoms with E-state index in [1.165, 1.54) is 4.90 Å². The molecule has 0 aliphatic rings. The summed E-state index contributed by atoms with van der Waals surface area (Å²) in [7, 11) is 0. The number of anilines is 1. The third kappa shape index (κ3) is 4.52. The Morgan fingerprint density at radius 1 is 1.45 bits per heavy atom. The van der Waals surface area contributed by atoms with Gasteiger partial charge in [0.15, 0.2) is 0 Å². The predicted octanol–water partition coefficient (Wildman–Crippen LogP) is 3.47. The van der Waals surface area contributed by atoms with Crippen LogP contribution in [0.15, 0.2) is 22.7 Å². The Morgan fingerprint density at radius 3 is 2.65 bits per heavy atom. The van der Waals surface area contributed by atoms with Crippen LogP contribution in [0.25, 0.3) is 0 Å². The summed E-state index contributed by atoms with van der Waals surface area (Å²) in [6, 6.07) is 5.02. The molecule has 1 aromatic rings. The Hall–Kier alpha value is -1.56. The van der Waals surface area contributed by atoms with Gasteiger partial charge in [-0.2, -0.15) is 0 Å². The van der Waals surface area contributed by atoms with Gasteiger partial charge >= 0.3 is 12.0 Å². The summed E-state index contributed by atoms with van der Waals surface area (Å²) in [4.78, 5) is 24.4. The number of carboxylic acid groups (broad SMARTS) is 1. The van der Waals surface area contributed by atoms with Crippen LogP contribution in [0.1, 0.15) is 25.8 Å². The normalized spacial score (nSPS) is 11.8. The Morgan fingerprint density at radius 2 is 2.10 bits per heavy atom. The number of hydrogen-bond acceptors (Lipinski definition) is 2. The van der Waals surface area contributed by atoms with Gasteiger partial charge in [-0.15, -0.1) is 0 Å². The van der Waals surface area contributed by atoms with E-state index in [0.29, 0.717) is 12.1 Å². The lowest BCUT2D eigenvalue weighted by Gasteiger charge is -2.27. The molecule has 110 valence electrons. The molecule has 0 heterocycles. The van der Waals surface area contributed by atoms with Gasteiger partial charge in [0.1, 0.15) is 6.54 Å². The predicted molar refractivity (Wildman–Crippen MR) is 82.0 cm³/mol. The highest BCUT2D eigenvalue weighted by atomic mass is 79.9. The van der Waals surface area contributed by atoms with Gasteiger partial charge < -0.3 is 15.3 Å². The van der Waals surface area contributed by atoms with Crippen molar-refractivity contribution in [2.75, 3.05) is 11.9 Å². The minimum absolute atomic E-state index is 0.140. The van der Waals surface area contributed by atoms with Crippen LogP contribution in [0.3, 0.4) is 0 Å². The number of carbonyl (C=O) groups is 2. The van der Waals surface area contributed by atoms with Gasteiger partial charge in [-0.1, -0.05) is 28.9 Å². The van der Waals surface area contributed by atoms with E-state index < -0.39 is 12.0 Å². The quantitative estimate of drug-likeness (QED) is 0.860. The molecule has 0 aromatic heterocycles. The Labute approximate surface area is 127 Å². The second kappa shape index (κ2) is 7.28. The van der Waals surface area contributed by atoms with Crippen LogP contribution in [-0.2, 0) is 4.79 Å². The SMILES string of the molecule is CCC(C)N(CC(=O)O)C(=O)Nc1cc(Br)ccc1C. The van der Waals surface area contributed by atoms with Gasteiger partial charge in [0.25, 0.3) is 0 Å². The average molecular weight is 343 g/mol. The van der Waals surface area contributed by atoms with Crippen molar-refractivity contribution in [3.63, 3.8) is 0 Å². The number of amides is 2. The number of carbonyl (C=O) groups excluding carboxylic acids is 1. The van der Waals surface area contributed by atoms with Crippen LogP contribution in [0, 0.1) is 6.92 Å². The molecule has 0 aliphatic carbocycles. The summed E-state index contributed by atoms with van der Waals surface area (Å²) < 4.78 is 0.853. The molecular weight excluding hydrogens is 324 g/mol. The first-order valence-electron chi connectivity index (χ1n) is 6.40. The molecule has 0 aliphatic heterocycles. The number of urea groups is 1. The monoisotopic (exact) mass is 342 g/mol. The molecule has 0 bridgehead atoms. The number of carboxylic acids is 1. The average Bonchev–Trinajstić information content (AvgIpc) is 2.39. The van der Waals surface area contributed by atoms with Crippen molar-refractivity contribution >= 4 is 33.6 Å². The van der Waals surface area contributed by atoms with Crippen LogP contribution in [0.4, 0.5) is 10.5 Å². The number of aliphatic carboxylic acids is 1. The van der Waals surface area contributed by atoms with Crippen molar-refractivity contribution < 1.29 is 14.7 Å². The molecule has 1 rings (SSSR count). The first-order chi connectivity index (χ1) is 9.35. The maximum Gasteiger partial charge on any atom is 0.323 e. The topological polar surface area (TPSA) is 69.6 Å². The Balaban J connectivity index is 2.90. The zero-order valence-electron chi connectivity index (χ0n) is 11.8. The highest BCUT2D eigenvalue weighted by molar-refractivity contribution is 9.10. The highest BCUT2D eigenvalue weighted by Crippen LogP contribution is 2.21. The van der Waals surface area contributed by atoms with Gasteiger partial charge in [0.05, 0.1) is 0 Å². The molecule has 0 saturated carbocycles. The number of hydrogen-bond donors (Lipinski definition) is 2. The van der Waals surface area contributed by atoms with Crippen molar-refractivity contribution in [2.24, 2.45) is 0 Å². The van der Waals surface area contributed by atoms with Gasteiger partial charge in [-0.25, -0.2) is 4.79 Å². The summed E-state index contributed by atoms with van der Waals surface area (Å²) in [5.41, 5.74) is 1.59. The molecule has 2 N–H and O–H groups in total. The van der Waals surface area contributed by atoms with E-state index in [0.717, 1.165) is 10.0 Å². The van der Waals surface area contributed by atoms with Crippen molar-refractivity contribution in [1.29, 1.82) is 0 Å². The van der Waals surface area contributed by atoms with Gasteiger partial charge in [-0.05, 0) is 38.0 Å². The van der Waals surface area contributed by atoms with E-state index in [4.69, 9.17) is 5.11 Å². The van der Waals surface area contributed by atoms with Crippen LogP contribution >= 0.6 is 15.9 Å². The molecular formula is C14H19BrN2O3. The molecule has 0 saturated heterocycles.